The van der Waals surface area contributed by atoms with Crippen LogP contribution in [0.15, 0.2) is 36.4 Å². The summed E-state index contributed by atoms with van der Waals surface area (Å²) < 4.78 is 25.2. The number of anilines is 1. The van der Waals surface area contributed by atoms with E-state index in [0.717, 1.165) is 0 Å². The van der Waals surface area contributed by atoms with E-state index in [0.29, 0.717) is 11.3 Å². The predicted octanol–water partition coefficient (Wildman–Crippen LogP) is 1.63. The Morgan fingerprint density at radius 2 is 2.11 bits per heavy atom. The van der Waals surface area contributed by atoms with E-state index < -0.39 is 16.0 Å². The number of hydrogen-bond acceptors (Lipinski definition) is 3. The maximum absolute atomic E-state index is 11.4. The first-order valence-corrected chi connectivity index (χ1v) is 7.00. The zero-order valence-corrected chi connectivity index (χ0v) is 10.8. The third-order valence-corrected chi connectivity index (χ3v) is 3.61. The Bertz CT molecular complexity index is 563. The lowest BCUT2D eigenvalue weighted by Crippen LogP contribution is -2.14. The smallest absolute Gasteiger partial charge is 0.331 e. The van der Waals surface area contributed by atoms with Gasteiger partial charge in [0.15, 0.2) is 0 Å². The van der Waals surface area contributed by atoms with Crippen LogP contribution >= 0.6 is 0 Å². The van der Waals surface area contributed by atoms with Gasteiger partial charge in [0.1, 0.15) is 0 Å². The van der Waals surface area contributed by atoms with Gasteiger partial charge in [0, 0.05) is 17.7 Å². The van der Waals surface area contributed by atoms with Crippen molar-refractivity contribution in [2.24, 2.45) is 0 Å². The van der Waals surface area contributed by atoms with E-state index >= 15 is 0 Å². The molecule has 0 radical (unpaired) electrons. The van der Waals surface area contributed by atoms with Crippen LogP contribution in [-0.2, 0) is 21.2 Å². The van der Waals surface area contributed by atoms with Crippen LogP contribution in [-0.4, -0.2) is 25.2 Å². The molecule has 0 atom stereocenters. The molecule has 0 unspecified atom stereocenters. The Balaban J connectivity index is 2.86. The van der Waals surface area contributed by atoms with Crippen LogP contribution in [0.1, 0.15) is 12.5 Å². The molecule has 0 aromatic heterocycles. The van der Waals surface area contributed by atoms with Crippen LogP contribution in [0.4, 0.5) is 5.69 Å². The maximum atomic E-state index is 11.4. The Labute approximate surface area is 106 Å². The van der Waals surface area contributed by atoms with Gasteiger partial charge in [-0.2, -0.15) is 0 Å². The summed E-state index contributed by atoms with van der Waals surface area (Å²) in [5.41, 5.74) is 1.18. The number of sulfonamides is 1. The van der Waals surface area contributed by atoms with Crippen LogP contribution in [0.2, 0.25) is 0 Å². The van der Waals surface area contributed by atoms with E-state index in [1.807, 2.05) is 0 Å². The molecule has 0 aliphatic rings. The summed E-state index contributed by atoms with van der Waals surface area (Å²) in [4.78, 5) is 10.7. The number of carboxylic acids is 1. The van der Waals surface area contributed by atoms with Gasteiger partial charge >= 0.3 is 5.97 Å². The minimum absolute atomic E-state index is 0.0148. The van der Waals surface area contributed by atoms with Gasteiger partial charge in [-0.1, -0.05) is 18.7 Å². The Morgan fingerprint density at radius 1 is 1.44 bits per heavy atom. The van der Waals surface area contributed by atoms with E-state index in [1.54, 1.807) is 31.2 Å². The van der Waals surface area contributed by atoms with E-state index in [2.05, 4.69) is 11.3 Å². The highest BCUT2D eigenvalue weighted by Crippen LogP contribution is 2.15. The van der Waals surface area contributed by atoms with Crippen molar-refractivity contribution in [2.75, 3.05) is 10.5 Å². The fourth-order valence-corrected chi connectivity index (χ4v) is 1.95. The number of aliphatic carboxylic acids is 1. The van der Waals surface area contributed by atoms with Crippen molar-refractivity contribution in [3.8, 4) is 0 Å². The van der Waals surface area contributed by atoms with Crippen LogP contribution < -0.4 is 4.72 Å². The second kappa shape index (κ2) is 5.68. The maximum Gasteiger partial charge on any atom is 0.331 e. The molecule has 6 heteroatoms. The monoisotopic (exact) mass is 269 g/mol. The highest BCUT2D eigenvalue weighted by Gasteiger charge is 2.09. The Hall–Kier alpha value is -1.82. The van der Waals surface area contributed by atoms with Crippen molar-refractivity contribution < 1.29 is 18.3 Å². The first-order chi connectivity index (χ1) is 8.34. The summed E-state index contributed by atoms with van der Waals surface area (Å²) in [6, 6.07) is 6.59. The van der Waals surface area contributed by atoms with Crippen molar-refractivity contribution in [3.63, 3.8) is 0 Å². The third-order valence-electron chi connectivity index (χ3n) is 2.30. The van der Waals surface area contributed by atoms with Crippen molar-refractivity contribution in [1.82, 2.24) is 0 Å². The lowest BCUT2D eigenvalue weighted by molar-refractivity contribution is -0.132. The normalized spacial score (nSPS) is 10.9. The molecule has 0 heterocycles. The van der Waals surface area contributed by atoms with E-state index in [1.165, 1.54) is 0 Å². The minimum Gasteiger partial charge on any atom is -0.478 e. The minimum atomic E-state index is -3.32. The van der Waals surface area contributed by atoms with Gasteiger partial charge in [-0.05, 0) is 24.6 Å². The molecule has 5 nitrogen and oxygen atoms in total. The number of nitrogens with one attached hydrogen (secondary N) is 1. The second-order valence-corrected chi connectivity index (χ2v) is 5.80. The molecule has 18 heavy (non-hydrogen) atoms. The number of benzene rings is 1. The van der Waals surface area contributed by atoms with Gasteiger partial charge < -0.3 is 5.11 Å². The van der Waals surface area contributed by atoms with E-state index in [9.17, 15) is 13.2 Å². The van der Waals surface area contributed by atoms with Crippen LogP contribution in [0.5, 0.6) is 0 Å². The van der Waals surface area contributed by atoms with Crippen LogP contribution in [0.25, 0.3) is 0 Å². The molecular weight excluding hydrogens is 254 g/mol. The highest BCUT2D eigenvalue weighted by atomic mass is 32.2. The molecule has 2 N–H and O–H groups in total. The summed E-state index contributed by atoms with van der Waals surface area (Å²) in [6.07, 6.45) is 0.178. The average Bonchev–Trinajstić information content (AvgIpc) is 2.28. The van der Waals surface area contributed by atoms with Crippen molar-refractivity contribution in [1.29, 1.82) is 0 Å². The molecule has 0 aliphatic heterocycles. The zero-order chi connectivity index (χ0) is 13.8. The summed E-state index contributed by atoms with van der Waals surface area (Å²) >= 11 is 0. The second-order valence-electron chi connectivity index (χ2n) is 3.79. The molecular formula is C12H15NO4S. The van der Waals surface area contributed by atoms with Crippen molar-refractivity contribution >= 4 is 21.7 Å². The van der Waals surface area contributed by atoms with Gasteiger partial charge in [0.25, 0.3) is 0 Å². The van der Waals surface area contributed by atoms with Gasteiger partial charge in [0.2, 0.25) is 10.0 Å². The number of rotatable bonds is 6. The lowest BCUT2D eigenvalue weighted by Gasteiger charge is -2.08. The number of carbonyl (C=O) groups is 1. The molecule has 1 aromatic rings. The first-order valence-electron chi connectivity index (χ1n) is 5.34. The van der Waals surface area contributed by atoms with Crippen LogP contribution in [0, 0.1) is 0 Å². The van der Waals surface area contributed by atoms with Gasteiger partial charge in [-0.25, -0.2) is 13.2 Å². The largest absolute Gasteiger partial charge is 0.478 e. The first kappa shape index (κ1) is 14.2. The van der Waals surface area contributed by atoms with Crippen molar-refractivity contribution in [3.05, 3.63) is 42.0 Å². The van der Waals surface area contributed by atoms with Crippen LogP contribution in [0.3, 0.4) is 0 Å². The quantitative estimate of drug-likeness (QED) is 0.769. The van der Waals surface area contributed by atoms with Gasteiger partial charge in [0.05, 0.1) is 5.75 Å². The molecule has 1 aromatic carbocycles. The molecule has 0 bridgehead atoms. The molecule has 0 saturated heterocycles. The zero-order valence-electron chi connectivity index (χ0n) is 10.0. The van der Waals surface area contributed by atoms with Gasteiger partial charge in [-0.15, -0.1) is 0 Å². The van der Waals surface area contributed by atoms with Gasteiger partial charge in [-0.3, -0.25) is 4.72 Å². The molecule has 0 amide bonds. The SMILES string of the molecule is C=C(Cc1cccc(NS(=O)(=O)CC)c1)C(=O)O. The fraction of sp³-hybridized carbons (Fsp3) is 0.250. The third kappa shape index (κ3) is 4.21. The van der Waals surface area contributed by atoms with Crippen molar-refractivity contribution in [2.45, 2.75) is 13.3 Å². The summed E-state index contributed by atoms with van der Waals surface area (Å²) in [5, 5.41) is 8.73. The number of carboxylic acid groups (broad SMARTS) is 1. The molecule has 0 saturated carbocycles. The lowest BCUT2D eigenvalue weighted by atomic mass is 10.1. The highest BCUT2D eigenvalue weighted by molar-refractivity contribution is 7.92. The fourth-order valence-electron chi connectivity index (χ4n) is 1.32. The predicted molar refractivity (Wildman–Crippen MR) is 70.0 cm³/mol. The van der Waals surface area contributed by atoms with E-state index in [-0.39, 0.29) is 17.7 Å². The molecule has 0 fully saturated rings. The molecule has 0 spiro atoms. The summed E-state index contributed by atoms with van der Waals surface area (Å²) in [6.45, 7) is 4.97. The Kier molecular flexibility index (Phi) is 4.49. The van der Waals surface area contributed by atoms with E-state index in [4.69, 9.17) is 5.11 Å². The Morgan fingerprint density at radius 3 is 2.67 bits per heavy atom. The molecule has 0 aliphatic carbocycles. The standard InChI is InChI=1S/C12H15NO4S/c1-3-18(16,17)13-11-6-4-5-10(8-11)7-9(2)12(14)15/h4-6,8,13H,2-3,7H2,1H3,(H,14,15). The summed E-state index contributed by atoms with van der Waals surface area (Å²) in [5.74, 6) is -1.08. The summed E-state index contributed by atoms with van der Waals surface area (Å²) in [7, 11) is -3.32. The topological polar surface area (TPSA) is 83.5 Å². The number of hydrogen-bond donors (Lipinski definition) is 2. The molecule has 98 valence electrons. The molecule has 1 rings (SSSR count). The average molecular weight is 269 g/mol.